The fourth-order valence-electron chi connectivity index (χ4n) is 7.05. The second-order valence-electron chi connectivity index (χ2n) is 11.4. The van der Waals surface area contributed by atoms with Crippen LogP contribution in [0, 0.1) is 5.92 Å². The van der Waals surface area contributed by atoms with E-state index < -0.39 is 0 Å². The van der Waals surface area contributed by atoms with Gasteiger partial charge in [-0.1, -0.05) is 6.07 Å². The van der Waals surface area contributed by atoms with Crippen LogP contribution in [0.1, 0.15) is 48.5 Å². The number of carbonyl (C=O) groups excluding carboxylic acids is 1. The maximum Gasteiger partial charge on any atom is 0.231 e. The number of rotatable bonds is 5. The monoisotopic (exact) mass is 517 g/mol. The number of aliphatic hydroxyl groups is 1. The largest absolute Gasteiger partial charge is 0.497 e. The highest BCUT2D eigenvalue weighted by molar-refractivity contribution is 5.89. The van der Waals surface area contributed by atoms with Gasteiger partial charge in [-0.3, -0.25) is 9.69 Å². The van der Waals surface area contributed by atoms with E-state index in [0.29, 0.717) is 12.5 Å². The number of likely N-dealkylation sites (tertiary alicyclic amines) is 1. The van der Waals surface area contributed by atoms with Crippen molar-refractivity contribution in [2.45, 2.75) is 43.7 Å². The summed E-state index contributed by atoms with van der Waals surface area (Å²) in [6.07, 6.45) is 3.91. The number of carbonyl (C=O) groups is 1. The molecule has 1 saturated heterocycles. The SMILES string of the molecule is COc1ccc2c3c(n(C)c2c1)[C@@H](CO)N(Cc1ccc2c(c1)OCO2)CC31CCN(C(=O)C2CC2)CC1. The summed E-state index contributed by atoms with van der Waals surface area (Å²) in [6.45, 7) is 3.37. The number of nitrogens with zero attached hydrogens (tertiary/aromatic N) is 3. The number of hydrogen-bond acceptors (Lipinski definition) is 6. The summed E-state index contributed by atoms with van der Waals surface area (Å²) in [5.74, 6) is 2.97. The van der Waals surface area contributed by atoms with Crippen molar-refractivity contribution in [2.75, 3.05) is 40.1 Å². The predicted molar refractivity (Wildman–Crippen MR) is 142 cm³/mol. The van der Waals surface area contributed by atoms with Gasteiger partial charge in [-0.15, -0.1) is 0 Å². The summed E-state index contributed by atoms with van der Waals surface area (Å²) in [5, 5.41) is 12.0. The highest BCUT2D eigenvalue weighted by Gasteiger charge is 2.49. The van der Waals surface area contributed by atoms with Gasteiger partial charge in [0.25, 0.3) is 0 Å². The molecule has 0 bridgehead atoms. The Hall–Kier alpha value is -3.23. The molecule has 1 N–H and O–H groups in total. The number of aliphatic hydroxyl groups excluding tert-OH is 1. The van der Waals surface area contributed by atoms with Gasteiger partial charge in [0.1, 0.15) is 5.75 Å². The van der Waals surface area contributed by atoms with E-state index in [0.717, 1.165) is 73.6 Å². The van der Waals surface area contributed by atoms with Gasteiger partial charge in [0.15, 0.2) is 11.5 Å². The first-order valence-corrected chi connectivity index (χ1v) is 13.7. The number of methoxy groups -OCH3 is 1. The average Bonchev–Trinajstić information content (AvgIpc) is 3.62. The van der Waals surface area contributed by atoms with Crippen molar-refractivity contribution in [3.63, 3.8) is 0 Å². The number of benzene rings is 2. The minimum atomic E-state index is -0.143. The van der Waals surface area contributed by atoms with Crippen molar-refractivity contribution in [2.24, 2.45) is 13.0 Å². The molecule has 1 aromatic heterocycles. The third-order valence-electron chi connectivity index (χ3n) is 9.20. The van der Waals surface area contributed by atoms with Crippen molar-refractivity contribution < 1.29 is 24.1 Å². The van der Waals surface area contributed by atoms with E-state index in [-0.39, 0.29) is 30.8 Å². The van der Waals surface area contributed by atoms with Crippen LogP contribution in [0.4, 0.5) is 0 Å². The number of aryl methyl sites for hydroxylation is 1. The molecular weight excluding hydrogens is 482 g/mol. The highest BCUT2D eigenvalue weighted by atomic mass is 16.7. The van der Waals surface area contributed by atoms with Gasteiger partial charge in [0.05, 0.1) is 25.3 Å². The maximum atomic E-state index is 12.9. The van der Waals surface area contributed by atoms with Crippen molar-refractivity contribution in [1.29, 1.82) is 0 Å². The molecule has 3 aliphatic heterocycles. The molecule has 1 atom stereocenters. The fourth-order valence-corrected chi connectivity index (χ4v) is 7.05. The number of aromatic nitrogens is 1. The molecule has 8 nitrogen and oxygen atoms in total. The zero-order valence-corrected chi connectivity index (χ0v) is 22.1. The van der Waals surface area contributed by atoms with E-state index in [1.54, 1.807) is 7.11 Å². The Morgan fingerprint density at radius 2 is 1.89 bits per heavy atom. The lowest BCUT2D eigenvalue weighted by Gasteiger charge is -2.50. The summed E-state index contributed by atoms with van der Waals surface area (Å²) in [7, 11) is 3.80. The lowest BCUT2D eigenvalue weighted by molar-refractivity contribution is -0.134. The van der Waals surface area contributed by atoms with Crippen molar-refractivity contribution in [3.05, 3.63) is 53.2 Å². The van der Waals surface area contributed by atoms with Crippen LogP contribution in [0.5, 0.6) is 17.2 Å². The second-order valence-corrected chi connectivity index (χ2v) is 11.4. The molecule has 3 aromatic rings. The Bertz CT molecular complexity index is 1400. The van der Waals surface area contributed by atoms with Crippen LogP contribution in [0.15, 0.2) is 36.4 Å². The van der Waals surface area contributed by atoms with Gasteiger partial charge in [0.2, 0.25) is 12.7 Å². The summed E-state index contributed by atoms with van der Waals surface area (Å²) in [6, 6.07) is 12.3. The Labute approximate surface area is 222 Å². The number of ether oxygens (including phenoxy) is 3. The minimum Gasteiger partial charge on any atom is -0.497 e. The first-order valence-electron chi connectivity index (χ1n) is 13.7. The first kappa shape index (κ1) is 23.9. The van der Waals surface area contributed by atoms with E-state index in [1.165, 1.54) is 16.6 Å². The van der Waals surface area contributed by atoms with Crippen LogP contribution in [0.2, 0.25) is 0 Å². The van der Waals surface area contributed by atoms with Gasteiger partial charge in [-0.25, -0.2) is 0 Å². The quantitative estimate of drug-likeness (QED) is 0.556. The first-order chi connectivity index (χ1) is 18.5. The number of hydrogen-bond donors (Lipinski definition) is 1. The molecule has 38 heavy (non-hydrogen) atoms. The molecule has 200 valence electrons. The molecule has 1 spiro atoms. The van der Waals surface area contributed by atoms with E-state index in [1.807, 2.05) is 12.1 Å². The topological polar surface area (TPSA) is 76.4 Å². The lowest BCUT2D eigenvalue weighted by atomic mass is 9.68. The van der Waals surface area contributed by atoms with Gasteiger partial charge < -0.3 is 28.8 Å². The summed E-state index contributed by atoms with van der Waals surface area (Å²) < 4.78 is 19.0. The van der Waals surface area contributed by atoms with Crippen LogP contribution in [0.3, 0.4) is 0 Å². The highest BCUT2D eigenvalue weighted by Crippen LogP contribution is 2.51. The maximum absolute atomic E-state index is 12.9. The van der Waals surface area contributed by atoms with E-state index in [2.05, 4.69) is 45.7 Å². The summed E-state index contributed by atoms with van der Waals surface area (Å²) in [4.78, 5) is 17.4. The predicted octanol–water partition coefficient (Wildman–Crippen LogP) is 3.74. The zero-order valence-electron chi connectivity index (χ0n) is 22.1. The van der Waals surface area contributed by atoms with Gasteiger partial charge in [0, 0.05) is 61.7 Å². The van der Waals surface area contributed by atoms with Crippen LogP contribution in [-0.4, -0.2) is 65.5 Å². The third-order valence-corrected chi connectivity index (χ3v) is 9.20. The smallest absolute Gasteiger partial charge is 0.231 e. The van der Waals surface area contributed by atoms with Gasteiger partial charge in [-0.05, 0) is 61.1 Å². The minimum absolute atomic E-state index is 0.0290. The number of piperidine rings is 1. The number of fused-ring (bicyclic) bond motifs is 5. The fraction of sp³-hybridized carbons (Fsp3) is 0.500. The molecule has 0 radical (unpaired) electrons. The third kappa shape index (κ3) is 3.68. The average molecular weight is 518 g/mol. The standard InChI is InChI=1S/C30H35N3O5/c1-31-23-14-21(36-2)6-7-22(23)27-28(31)24(16-34)33(15-19-3-8-25-26(13-19)38-18-37-25)17-30(27)9-11-32(12-10-30)29(35)20-4-5-20/h3,6-8,13-14,20,24,34H,4-5,9-12,15-18H2,1-2H3/t24-/m1/s1. The molecule has 1 saturated carbocycles. The Kier molecular flexibility index (Phi) is 5.60. The lowest BCUT2D eigenvalue weighted by Crippen LogP contribution is -2.54. The Balaban J connectivity index is 1.31. The zero-order chi connectivity index (χ0) is 26.0. The molecule has 8 heteroatoms. The second kappa shape index (κ2) is 8.92. The molecule has 2 aromatic carbocycles. The van der Waals surface area contributed by atoms with Crippen molar-refractivity contribution >= 4 is 16.8 Å². The van der Waals surface area contributed by atoms with Crippen LogP contribution < -0.4 is 14.2 Å². The summed E-state index contributed by atoms with van der Waals surface area (Å²) >= 11 is 0. The molecule has 1 amide bonds. The molecule has 1 aliphatic carbocycles. The normalized spacial score (nSPS) is 22.2. The molecule has 4 aliphatic rings. The van der Waals surface area contributed by atoms with Crippen LogP contribution >= 0.6 is 0 Å². The van der Waals surface area contributed by atoms with Crippen molar-refractivity contribution in [3.8, 4) is 17.2 Å². The van der Waals surface area contributed by atoms with Crippen LogP contribution in [-0.2, 0) is 23.8 Å². The molecular formula is C30H35N3O5. The molecule has 0 unspecified atom stereocenters. The molecule has 4 heterocycles. The molecule has 7 rings (SSSR count). The van der Waals surface area contributed by atoms with E-state index >= 15 is 0 Å². The Morgan fingerprint density at radius 1 is 1.11 bits per heavy atom. The van der Waals surface area contributed by atoms with Gasteiger partial charge in [-0.2, -0.15) is 0 Å². The van der Waals surface area contributed by atoms with Gasteiger partial charge >= 0.3 is 0 Å². The van der Waals surface area contributed by atoms with E-state index in [9.17, 15) is 9.90 Å². The Morgan fingerprint density at radius 3 is 2.63 bits per heavy atom. The number of amides is 1. The van der Waals surface area contributed by atoms with Crippen LogP contribution in [0.25, 0.3) is 10.9 Å². The van der Waals surface area contributed by atoms with E-state index in [4.69, 9.17) is 14.2 Å². The summed E-state index contributed by atoms with van der Waals surface area (Å²) in [5.41, 5.74) is 4.66. The molecule has 2 fully saturated rings. The van der Waals surface area contributed by atoms with Crippen molar-refractivity contribution in [1.82, 2.24) is 14.4 Å².